The summed E-state index contributed by atoms with van der Waals surface area (Å²) in [7, 11) is 0. The lowest BCUT2D eigenvalue weighted by atomic mass is 10.2. The predicted molar refractivity (Wildman–Crippen MR) is 78.8 cm³/mol. The van der Waals surface area contributed by atoms with Crippen molar-refractivity contribution in [1.82, 2.24) is 19.3 Å². The normalized spacial score (nSPS) is 12.9. The molecule has 98 valence electrons. The molecule has 1 N–H and O–H groups in total. The Morgan fingerprint density at radius 2 is 2.21 bits per heavy atom. The molecular weight excluding hydrogens is 256 g/mol. The standard InChI is InChI=1S/C14H16N4S/c1-10-5-3-6-12-13(10)18(14(19)16-12)11(2)9-17-8-4-7-15-17/h3-8,11H,9H2,1-2H3,(H,16,19). The fourth-order valence-electron chi connectivity index (χ4n) is 2.54. The van der Waals surface area contributed by atoms with Crippen molar-refractivity contribution >= 4 is 23.3 Å². The third kappa shape index (κ3) is 2.10. The van der Waals surface area contributed by atoms with Crippen molar-refractivity contribution in [3.8, 4) is 0 Å². The first-order valence-corrected chi connectivity index (χ1v) is 6.75. The van der Waals surface area contributed by atoms with Crippen LogP contribution in [0.25, 0.3) is 11.0 Å². The zero-order chi connectivity index (χ0) is 13.4. The van der Waals surface area contributed by atoms with E-state index < -0.39 is 0 Å². The summed E-state index contributed by atoms with van der Waals surface area (Å²) in [5.74, 6) is 0. The Kier molecular flexibility index (Phi) is 2.98. The second-order valence-electron chi connectivity index (χ2n) is 4.85. The number of rotatable bonds is 3. The number of hydrogen-bond donors (Lipinski definition) is 1. The third-order valence-electron chi connectivity index (χ3n) is 3.39. The van der Waals surface area contributed by atoms with E-state index in [-0.39, 0.29) is 6.04 Å². The highest BCUT2D eigenvalue weighted by Gasteiger charge is 2.13. The summed E-state index contributed by atoms with van der Waals surface area (Å²) in [5, 5.41) is 4.26. The van der Waals surface area contributed by atoms with Gasteiger partial charge in [-0.25, -0.2) is 0 Å². The molecule has 0 aliphatic rings. The summed E-state index contributed by atoms with van der Waals surface area (Å²) in [4.78, 5) is 3.28. The summed E-state index contributed by atoms with van der Waals surface area (Å²) in [6, 6.07) is 8.41. The number of benzene rings is 1. The van der Waals surface area contributed by atoms with Gasteiger partial charge in [0.15, 0.2) is 4.77 Å². The van der Waals surface area contributed by atoms with E-state index in [0.29, 0.717) is 0 Å². The van der Waals surface area contributed by atoms with E-state index in [1.165, 1.54) is 11.1 Å². The van der Waals surface area contributed by atoms with Crippen LogP contribution >= 0.6 is 12.2 Å². The quantitative estimate of drug-likeness (QED) is 0.741. The van der Waals surface area contributed by atoms with Crippen LogP contribution in [0, 0.1) is 11.7 Å². The number of fused-ring (bicyclic) bond motifs is 1. The molecule has 1 unspecified atom stereocenters. The van der Waals surface area contributed by atoms with Gasteiger partial charge in [-0.3, -0.25) is 4.68 Å². The van der Waals surface area contributed by atoms with Gasteiger partial charge in [-0.15, -0.1) is 0 Å². The lowest BCUT2D eigenvalue weighted by molar-refractivity contribution is 0.442. The number of nitrogens with zero attached hydrogens (tertiary/aromatic N) is 3. The topological polar surface area (TPSA) is 38.5 Å². The number of aryl methyl sites for hydroxylation is 1. The molecule has 1 aromatic carbocycles. The molecule has 0 fully saturated rings. The highest BCUT2D eigenvalue weighted by atomic mass is 32.1. The van der Waals surface area contributed by atoms with Gasteiger partial charge in [-0.2, -0.15) is 5.10 Å². The molecule has 0 amide bonds. The molecule has 5 heteroatoms. The number of aromatic nitrogens is 4. The molecule has 3 aromatic rings. The van der Waals surface area contributed by atoms with Crippen molar-refractivity contribution in [2.75, 3.05) is 0 Å². The number of para-hydroxylation sites is 1. The van der Waals surface area contributed by atoms with Crippen LogP contribution in [0.2, 0.25) is 0 Å². The summed E-state index contributed by atoms with van der Waals surface area (Å²) < 4.78 is 4.88. The molecule has 1 atom stereocenters. The summed E-state index contributed by atoms with van der Waals surface area (Å²) in [6.07, 6.45) is 3.77. The number of imidazole rings is 1. The number of aromatic amines is 1. The third-order valence-corrected chi connectivity index (χ3v) is 3.69. The van der Waals surface area contributed by atoms with Crippen LogP contribution in [0.5, 0.6) is 0 Å². The van der Waals surface area contributed by atoms with Crippen molar-refractivity contribution in [1.29, 1.82) is 0 Å². The predicted octanol–water partition coefficient (Wildman–Crippen LogP) is 3.47. The Labute approximate surface area is 116 Å². The van der Waals surface area contributed by atoms with Gasteiger partial charge in [0.1, 0.15) is 0 Å². The van der Waals surface area contributed by atoms with E-state index >= 15 is 0 Å². The number of H-pyrrole nitrogens is 1. The zero-order valence-corrected chi connectivity index (χ0v) is 11.8. The average Bonchev–Trinajstić information content (AvgIpc) is 2.96. The monoisotopic (exact) mass is 272 g/mol. The van der Waals surface area contributed by atoms with Crippen LogP contribution in [0.4, 0.5) is 0 Å². The molecule has 0 saturated carbocycles. The Bertz CT molecular complexity index is 751. The van der Waals surface area contributed by atoms with E-state index in [1.54, 1.807) is 6.20 Å². The van der Waals surface area contributed by atoms with Gasteiger partial charge in [0.2, 0.25) is 0 Å². The van der Waals surface area contributed by atoms with Gasteiger partial charge in [-0.05, 0) is 43.8 Å². The fraction of sp³-hybridized carbons (Fsp3) is 0.286. The van der Waals surface area contributed by atoms with Gasteiger partial charge in [0.25, 0.3) is 0 Å². The fourth-order valence-corrected chi connectivity index (χ4v) is 2.92. The Morgan fingerprint density at radius 1 is 1.37 bits per heavy atom. The summed E-state index contributed by atoms with van der Waals surface area (Å²) in [6.45, 7) is 5.09. The van der Waals surface area contributed by atoms with Crippen molar-refractivity contribution in [2.45, 2.75) is 26.4 Å². The zero-order valence-electron chi connectivity index (χ0n) is 11.0. The molecule has 0 saturated heterocycles. The molecule has 0 aliphatic carbocycles. The van der Waals surface area contributed by atoms with E-state index in [4.69, 9.17) is 12.2 Å². The molecule has 2 heterocycles. The maximum absolute atomic E-state index is 5.46. The van der Waals surface area contributed by atoms with Crippen LogP contribution in [0.1, 0.15) is 18.5 Å². The molecule has 0 radical (unpaired) electrons. The number of hydrogen-bond acceptors (Lipinski definition) is 2. The van der Waals surface area contributed by atoms with Gasteiger partial charge in [0.05, 0.1) is 23.6 Å². The van der Waals surface area contributed by atoms with Crippen LogP contribution < -0.4 is 0 Å². The SMILES string of the molecule is Cc1cccc2[nH]c(=S)n(C(C)Cn3cccn3)c12. The van der Waals surface area contributed by atoms with Crippen molar-refractivity contribution < 1.29 is 0 Å². The van der Waals surface area contributed by atoms with Crippen molar-refractivity contribution in [3.63, 3.8) is 0 Å². The maximum atomic E-state index is 5.46. The molecule has 2 aromatic heterocycles. The van der Waals surface area contributed by atoms with E-state index in [9.17, 15) is 0 Å². The number of nitrogens with one attached hydrogen (secondary N) is 1. The molecule has 0 aliphatic heterocycles. The van der Waals surface area contributed by atoms with Gasteiger partial charge in [-0.1, -0.05) is 12.1 Å². The van der Waals surface area contributed by atoms with E-state index in [2.05, 4.69) is 40.6 Å². The molecule has 4 nitrogen and oxygen atoms in total. The molecule has 0 spiro atoms. The molecular formula is C14H16N4S. The van der Waals surface area contributed by atoms with Gasteiger partial charge < -0.3 is 9.55 Å². The van der Waals surface area contributed by atoms with Crippen LogP contribution in [0.3, 0.4) is 0 Å². The van der Waals surface area contributed by atoms with Gasteiger partial charge in [0, 0.05) is 12.4 Å². The molecule has 19 heavy (non-hydrogen) atoms. The first-order valence-electron chi connectivity index (χ1n) is 6.34. The second-order valence-corrected chi connectivity index (χ2v) is 5.24. The minimum atomic E-state index is 0.252. The minimum absolute atomic E-state index is 0.252. The smallest absolute Gasteiger partial charge is 0.178 e. The highest BCUT2D eigenvalue weighted by Crippen LogP contribution is 2.23. The average molecular weight is 272 g/mol. The molecule has 3 rings (SSSR count). The first-order chi connectivity index (χ1) is 9.16. The van der Waals surface area contributed by atoms with Crippen LogP contribution in [0.15, 0.2) is 36.7 Å². The van der Waals surface area contributed by atoms with Crippen LogP contribution in [-0.2, 0) is 6.54 Å². The lowest BCUT2D eigenvalue weighted by Crippen LogP contribution is -2.13. The van der Waals surface area contributed by atoms with Gasteiger partial charge >= 0.3 is 0 Å². The minimum Gasteiger partial charge on any atom is -0.331 e. The van der Waals surface area contributed by atoms with Crippen molar-refractivity contribution in [3.05, 3.63) is 47.0 Å². The largest absolute Gasteiger partial charge is 0.331 e. The van der Waals surface area contributed by atoms with E-state index in [0.717, 1.165) is 16.8 Å². The second kappa shape index (κ2) is 4.66. The Hall–Kier alpha value is -1.88. The molecule has 0 bridgehead atoms. The Balaban J connectivity index is 2.09. The summed E-state index contributed by atoms with van der Waals surface area (Å²) in [5.41, 5.74) is 3.52. The maximum Gasteiger partial charge on any atom is 0.178 e. The highest BCUT2D eigenvalue weighted by molar-refractivity contribution is 7.71. The summed E-state index contributed by atoms with van der Waals surface area (Å²) >= 11 is 5.46. The van der Waals surface area contributed by atoms with Crippen molar-refractivity contribution in [2.24, 2.45) is 0 Å². The lowest BCUT2D eigenvalue weighted by Gasteiger charge is -2.15. The first kappa shape index (κ1) is 12.2. The van der Waals surface area contributed by atoms with Crippen LogP contribution in [-0.4, -0.2) is 19.3 Å². The van der Waals surface area contributed by atoms with E-state index in [1.807, 2.05) is 23.0 Å². The Morgan fingerprint density at radius 3 is 2.95 bits per heavy atom.